The van der Waals surface area contributed by atoms with E-state index in [2.05, 4.69) is 0 Å². The normalized spacial score (nSPS) is 10.8. The third-order valence-corrected chi connectivity index (χ3v) is 7.78. The van der Waals surface area contributed by atoms with Crippen LogP contribution in [0.1, 0.15) is 52.9 Å². The van der Waals surface area contributed by atoms with Gasteiger partial charge in [-0.1, -0.05) is 18.2 Å². The predicted molar refractivity (Wildman–Crippen MR) is 147 cm³/mol. The molecule has 0 spiro atoms. The number of methoxy groups -OCH3 is 1. The zero-order valence-electron chi connectivity index (χ0n) is 21.0. The van der Waals surface area contributed by atoms with Gasteiger partial charge in [0.1, 0.15) is 0 Å². The molecule has 196 valence electrons. The summed E-state index contributed by atoms with van der Waals surface area (Å²) < 4.78 is 6.53. The summed E-state index contributed by atoms with van der Waals surface area (Å²) in [4.78, 5) is 53.4. The Kier molecular flexibility index (Phi) is 8.55. The summed E-state index contributed by atoms with van der Waals surface area (Å²) in [6.07, 6.45) is 0.152. The lowest BCUT2D eigenvalue weighted by molar-refractivity contribution is -0.130. The number of benzene rings is 1. The monoisotopic (exact) mass is 549 g/mol. The molecular weight excluding hydrogens is 522 g/mol. The van der Waals surface area contributed by atoms with Gasteiger partial charge < -0.3 is 19.9 Å². The Morgan fingerprint density at radius 2 is 1.79 bits per heavy atom. The van der Waals surface area contributed by atoms with Crippen molar-refractivity contribution >= 4 is 46.2 Å². The van der Waals surface area contributed by atoms with E-state index in [9.17, 15) is 19.2 Å². The number of nitrogens with two attached hydrogens (primary N) is 1. The maximum Gasteiger partial charge on any atom is 0.337 e. The molecule has 0 atom stereocenters. The van der Waals surface area contributed by atoms with Crippen LogP contribution in [0.15, 0.2) is 64.7 Å². The van der Waals surface area contributed by atoms with Crippen molar-refractivity contribution in [1.82, 2.24) is 9.47 Å². The maximum atomic E-state index is 13.6. The van der Waals surface area contributed by atoms with Crippen LogP contribution < -0.4 is 5.73 Å². The van der Waals surface area contributed by atoms with Gasteiger partial charge in [-0.25, -0.2) is 4.79 Å². The topological polar surface area (TPSA) is 112 Å². The average molecular weight is 550 g/mol. The number of carbonyl (C=O) groups is 4. The van der Waals surface area contributed by atoms with E-state index < -0.39 is 11.9 Å². The van der Waals surface area contributed by atoms with Crippen molar-refractivity contribution in [2.45, 2.75) is 26.4 Å². The minimum atomic E-state index is -0.613. The fraction of sp³-hybridized carbons (Fsp3) is 0.214. The van der Waals surface area contributed by atoms with E-state index in [4.69, 9.17) is 10.5 Å². The van der Waals surface area contributed by atoms with Gasteiger partial charge in [0, 0.05) is 17.1 Å². The number of ether oxygens (including phenoxy) is 1. The molecule has 0 aliphatic heterocycles. The van der Waals surface area contributed by atoms with Crippen molar-refractivity contribution in [3.8, 4) is 0 Å². The maximum absolute atomic E-state index is 13.6. The largest absolute Gasteiger partial charge is 0.465 e. The first-order valence-corrected chi connectivity index (χ1v) is 13.6. The van der Waals surface area contributed by atoms with E-state index >= 15 is 0 Å². The third kappa shape index (κ3) is 6.27. The van der Waals surface area contributed by atoms with E-state index in [0.29, 0.717) is 23.5 Å². The summed E-state index contributed by atoms with van der Waals surface area (Å²) in [6.45, 7) is 2.15. The fourth-order valence-electron chi connectivity index (χ4n) is 4.14. The Bertz CT molecular complexity index is 1440. The van der Waals surface area contributed by atoms with Crippen LogP contribution in [0.3, 0.4) is 0 Å². The smallest absolute Gasteiger partial charge is 0.337 e. The fourth-order valence-corrected chi connectivity index (χ4v) is 5.50. The number of thiophene rings is 2. The lowest BCUT2D eigenvalue weighted by atomic mass is 10.1. The quantitative estimate of drug-likeness (QED) is 0.221. The Labute approximate surface area is 228 Å². The number of hydrogen-bond acceptors (Lipinski definition) is 7. The Morgan fingerprint density at radius 3 is 2.39 bits per heavy atom. The number of nitrogens with zero attached hydrogens (tertiary/aromatic N) is 2. The van der Waals surface area contributed by atoms with Gasteiger partial charge >= 0.3 is 5.97 Å². The summed E-state index contributed by atoms with van der Waals surface area (Å²) in [6, 6.07) is 14.0. The van der Waals surface area contributed by atoms with Crippen LogP contribution in [0.25, 0.3) is 0 Å². The Hall–Kier alpha value is -4.02. The predicted octanol–water partition coefficient (Wildman–Crippen LogP) is 4.31. The zero-order valence-corrected chi connectivity index (χ0v) is 22.6. The molecule has 0 radical (unpaired) electrons. The van der Waals surface area contributed by atoms with E-state index in [1.807, 2.05) is 34.3 Å². The lowest BCUT2D eigenvalue weighted by Crippen LogP contribution is -2.37. The summed E-state index contributed by atoms with van der Waals surface area (Å²) in [7, 11) is 1.31. The lowest BCUT2D eigenvalue weighted by Gasteiger charge is -2.23. The number of esters is 1. The SMILES string of the molecule is COC(=O)c1ccc(CN(CC(=O)c2cc(C(N)=O)c(C)n2Cc2cccs2)C(=O)Cc2ccsc2)cc1. The first-order valence-electron chi connectivity index (χ1n) is 11.8. The molecule has 0 unspecified atom stereocenters. The summed E-state index contributed by atoms with van der Waals surface area (Å²) in [5.74, 6) is -1.58. The highest BCUT2D eigenvalue weighted by Crippen LogP contribution is 2.21. The van der Waals surface area contributed by atoms with E-state index in [0.717, 1.165) is 16.0 Å². The Morgan fingerprint density at radius 1 is 1.03 bits per heavy atom. The number of Topliss-reactive ketones (excluding diaryl/α,β-unsaturated/α-hetero) is 1. The summed E-state index contributed by atoms with van der Waals surface area (Å²) in [5, 5.41) is 5.74. The molecule has 0 fully saturated rings. The minimum absolute atomic E-state index is 0.152. The molecule has 2 amide bonds. The first kappa shape index (κ1) is 27.0. The highest BCUT2D eigenvalue weighted by atomic mass is 32.1. The van der Waals surface area contributed by atoms with Gasteiger partial charge in [0.05, 0.1) is 43.4 Å². The van der Waals surface area contributed by atoms with Gasteiger partial charge in [0.15, 0.2) is 5.78 Å². The number of rotatable bonds is 11. The number of hydrogen-bond donors (Lipinski definition) is 1. The van der Waals surface area contributed by atoms with Crippen molar-refractivity contribution in [2.24, 2.45) is 5.73 Å². The first-order chi connectivity index (χ1) is 18.3. The van der Waals surface area contributed by atoms with Gasteiger partial charge in [-0.2, -0.15) is 11.3 Å². The van der Waals surface area contributed by atoms with Gasteiger partial charge in [-0.3, -0.25) is 14.4 Å². The number of ketones is 1. The van der Waals surface area contributed by atoms with Crippen molar-refractivity contribution in [3.63, 3.8) is 0 Å². The third-order valence-electron chi connectivity index (χ3n) is 6.18. The van der Waals surface area contributed by atoms with E-state index in [1.165, 1.54) is 29.4 Å². The van der Waals surface area contributed by atoms with Crippen LogP contribution in [0.4, 0.5) is 0 Å². The van der Waals surface area contributed by atoms with Crippen LogP contribution in [0.2, 0.25) is 0 Å². The molecule has 3 aromatic heterocycles. The van der Waals surface area contributed by atoms with Crippen LogP contribution in [0, 0.1) is 6.92 Å². The molecule has 0 saturated heterocycles. The van der Waals surface area contributed by atoms with E-state index in [1.54, 1.807) is 47.1 Å². The van der Waals surface area contributed by atoms with Gasteiger partial charge in [0.2, 0.25) is 5.91 Å². The molecule has 0 saturated carbocycles. The molecule has 0 aliphatic rings. The molecule has 4 rings (SSSR count). The summed E-state index contributed by atoms with van der Waals surface area (Å²) >= 11 is 3.04. The van der Waals surface area contributed by atoms with Gasteiger partial charge in [0.25, 0.3) is 5.91 Å². The summed E-state index contributed by atoms with van der Waals surface area (Å²) in [5.41, 5.74) is 8.80. The van der Waals surface area contributed by atoms with Crippen molar-refractivity contribution in [3.05, 3.63) is 103 Å². The number of primary amides is 1. The number of amides is 2. The zero-order chi connectivity index (χ0) is 27.2. The van der Waals surface area contributed by atoms with Gasteiger partial charge in [-0.15, -0.1) is 11.3 Å². The second kappa shape index (κ2) is 12.0. The van der Waals surface area contributed by atoms with Crippen LogP contribution in [-0.4, -0.2) is 46.7 Å². The van der Waals surface area contributed by atoms with Crippen molar-refractivity contribution < 1.29 is 23.9 Å². The molecular formula is C28H27N3O5S2. The average Bonchev–Trinajstić information content (AvgIpc) is 3.67. The number of aromatic nitrogens is 1. The van der Waals surface area contributed by atoms with Crippen LogP contribution >= 0.6 is 22.7 Å². The molecule has 38 heavy (non-hydrogen) atoms. The minimum Gasteiger partial charge on any atom is -0.465 e. The molecule has 2 N–H and O–H groups in total. The number of carbonyl (C=O) groups excluding carboxylic acids is 4. The molecule has 0 aliphatic carbocycles. The standard InChI is InChI=1S/C28H27N3O5S2/c1-18-23(27(29)34)13-24(31(18)15-22-4-3-10-38-22)25(32)16-30(26(33)12-20-9-11-37-17-20)14-19-5-7-21(8-6-19)28(35)36-2/h3-11,13,17H,12,14-16H2,1-2H3,(H2,29,34). The molecule has 4 aromatic rings. The highest BCUT2D eigenvalue weighted by molar-refractivity contribution is 7.09. The highest BCUT2D eigenvalue weighted by Gasteiger charge is 2.25. The second-order valence-electron chi connectivity index (χ2n) is 8.73. The second-order valence-corrected chi connectivity index (χ2v) is 10.5. The molecule has 1 aromatic carbocycles. The van der Waals surface area contributed by atoms with Crippen molar-refractivity contribution in [1.29, 1.82) is 0 Å². The molecule has 8 nitrogen and oxygen atoms in total. The van der Waals surface area contributed by atoms with E-state index in [-0.39, 0.29) is 36.8 Å². The van der Waals surface area contributed by atoms with Crippen LogP contribution in [0.5, 0.6) is 0 Å². The molecule has 3 heterocycles. The van der Waals surface area contributed by atoms with Gasteiger partial charge in [-0.05, 0) is 64.5 Å². The van der Waals surface area contributed by atoms with Crippen molar-refractivity contribution in [2.75, 3.05) is 13.7 Å². The molecule has 0 bridgehead atoms. The Balaban J connectivity index is 1.62. The van der Waals surface area contributed by atoms with Crippen LogP contribution in [-0.2, 0) is 29.0 Å². The molecule has 10 heteroatoms.